The normalized spacial score (nSPS) is 23.5. The van der Waals surface area contributed by atoms with Gasteiger partial charge in [-0.05, 0) is 12.5 Å². The summed E-state index contributed by atoms with van der Waals surface area (Å²) < 4.78 is 30.2. The minimum absolute atomic E-state index is 0.0761. The number of benzene rings is 1. The first-order valence-corrected chi connectivity index (χ1v) is 12.0. The Balaban J connectivity index is 2.49. The lowest BCUT2D eigenvalue weighted by atomic mass is 9.97. The summed E-state index contributed by atoms with van der Waals surface area (Å²) in [6.45, 7) is 2.32. The molecule has 14 heteroatoms. The minimum Gasteiger partial charge on any atom is -0.467 e. The maximum absolute atomic E-state index is 12.7. The molecule has 1 aromatic rings. The summed E-state index contributed by atoms with van der Waals surface area (Å²) in [5, 5.41) is 7.91. The molecule has 0 amide bonds. The van der Waals surface area contributed by atoms with Gasteiger partial charge in [-0.1, -0.05) is 65.1 Å². The molecule has 1 unspecified atom stereocenters. The highest BCUT2D eigenvalue weighted by molar-refractivity contribution is 6.76. The highest BCUT2D eigenvalue weighted by Gasteiger charge is 2.55. The molecule has 1 aliphatic heterocycles. The van der Waals surface area contributed by atoms with Gasteiger partial charge < -0.3 is 33.2 Å². The zero-order valence-corrected chi connectivity index (χ0v) is 22.4. The van der Waals surface area contributed by atoms with E-state index in [1.54, 1.807) is 30.3 Å². The van der Waals surface area contributed by atoms with E-state index in [1.807, 2.05) is 0 Å². The van der Waals surface area contributed by atoms with E-state index in [0.29, 0.717) is 5.56 Å². The molecule has 1 heterocycles. The monoisotopic (exact) mass is 581 g/mol. The van der Waals surface area contributed by atoms with E-state index in [1.165, 1.54) is 6.92 Å². The van der Waals surface area contributed by atoms with Gasteiger partial charge in [0.25, 0.3) is 3.79 Å². The number of carbonyl (C=O) groups is 4. The van der Waals surface area contributed by atoms with Crippen molar-refractivity contribution in [2.24, 2.45) is 0 Å². The topological polar surface area (TPSA) is 148 Å². The number of ether oxygens (including phenoxy) is 6. The number of ketones is 1. The van der Waals surface area contributed by atoms with E-state index in [2.05, 4.69) is 0 Å². The van der Waals surface area contributed by atoms with Gasteiger partial charge in [-0.3, -0.25) is 15.0 Å². The van der Waals surface area contributed by atoms with Gasteiger partial charge in [0.2, 0.25) is 12.2 Å². The van der Waals surface area contributed by atoms with Crippen LogP contribution < -0.4 is 0 Å². The van der Waals surface area contributed by atoms with Crippen molar-refractivity contribution in [3.8, 4) is 0 Å². The average molecular weight is 583 g/mol. The SMILES string of the molecule is COC(=O)[C@@H]1OC(OC(=N)C(Cl)(Cl)Cl)[C@H](OC(C)=O)[C@@H](OCc2ccccc2)[C@@H]1OC(=O)CCC(C)=O. The molecule has 2 rings (SSSR count). The number of carbonyl (C=O) groups excluding carboxylic acids is 4. The van der Waals surface area contributed by atoms with Gasteiger partial charge in [0.15, 0.2) is 18.3 Å². The fourth-order valence-electron chi connectivity index (χ4n) is 3.29. The van der Waals surface area contributed by atoms with E-state index < -0.39 is 58.3 Å². The standard InChI is InChI=1S/C23H26Cl3NO10/c1-12(28)9-10-15(30)35-17-16(33-11-14-7-5-4-6-8-14)19(34-13(2)29)21(36-18(17)20(31)32-3)37-22(27)23(24,25)26/h4-8,16-19,21,27H,9-11H2,1-3H3/t16-,17-,18+,19+,21?/m0/s1. The molecule has 5 atom stereocenters. The van der Waals surface area contributed by atoms with Crippen LogP contribution in [0.2, 0.25) is 0 Å². The van der Waals surface area contributed by atoms with Crippen molar-refractivity contribution in [2.45, 2.75) is 67.8 Å². The lowest BCUT2D eigenvalue weighted by molar-refractivity contribution is -0.291. The third-order valence-electron chi connectivity index (χ3n) is 4.96. The van der Waals surface area contributed by atoms with E-state index in [4.69, 9.17) is 68.6 Å². The fourth-order valence-corrected chi connectivity index (χ4v) is 3.42. The molecule has 204 valence electrons. The maximum Gasteiger partial charge on any atom is 0.339 e. The van der Waals surface area contributed by atoms with Gasteiger partial charge in [0, 0.05) is 13.3 Å². The Labute approximate surface area is 228 Å². The zero-order valence-electron chi connectivity index (χ0n) is 20.1. The van der Waals surface area contributed by atoms with Crippen molar-refractivity contribution in [1.29, 1.82) is 5.41 Å². The van der Waals surface area contributed by atoms with Crippen molar-refractivity contribution in [1.82, 2.24) is 0 Å². The largest absolute Gasteiger partial charge is 0.467 e. The van der Waals surface area contributed by atoms with Crippen LogP contribution in [0.4, 0.5) is 0 Å². The van der Waals surface area contributed by atoms with E-state index in [0.717, 1.165) is 14.0 Å². The molecule has 37 heavy (non-hydrogen) atoms. The zero-order chi connectivity index (χ0) is 27.8. The Kier molecular flexibility index (Phi) is 11.6. The average Bonchev–Trinajstić information content (AvgIpc) is 2.82. The number of halogens is 3. The van der Waals surface area contributed by atoms with Crippen molar-refractivity contribution >= 4 is 64.4 Å². The summed E-state index contributed by atoms with van der Waals surface area (Å²) in [5.41, 5.74) is 0.693. The minimum atomic E-state index is -2.32. The summed E-state index contributed by atoms with van der Waals surface area (Å²) in [6.07, 6.45) is -8.15. The molecule has 0 bridgehead atoms. The molecule has 1 aliphatic rings. The number of nitrogens with one attached hydrogen (secondary N) is 1. The third-order valence-corrected chi connectivity index (χ3v) is 5.47. The second-order valence-corrected chi connectivity index (χ2v) is 10.2. The Morgan fingerprint density at radius 2 is 1.59 bits per heavy atom. The Bertz CT molecular complexity index is 985. The predicted octanol–water partition coefficient (Wildman–Crippen LogP) is 3.05. The molecule has 1 saturated heterocycles. The molecule has 0 spiro atoms. The Morgan fingerprint density at radius 3 is 2.14 bits per heavy atom. The van der Waals surface area contributed by atoms with Crippen molar-refractivity contribution < 1.29 is 47.6 Å². The molecule has 0 radical (unpaired) electrons. The lowest BCUT2D eigenvalue weighted by Gasteiger charge is -2.43. The number of hydrogen-bond acceptors (Lipinski definition) is 11. The first-order valence-electron chi connectivity index (χ1n) is 10.9. The lowest BCUT2D eigenvalue weighted by Crippen LogP contribution is -2.64. The van der Waals surface area contributed by atoms with Gasteiger partial charge in [0.05, 0.1) is 20.1 Å². The highest BCUT2D eigenvalue weighted by Crippen LogP contribution is 2.34. The van der Waals surface area contributed by atoms with Crippen molar-refractivity contribution in [2.75, 3.05) is 7.11 Å². The number of rotatable bonds is 10. The molecule has 1 N–H and O–H groups in total. The van der Waals surface area contributed by atoms with Crippen LogP contribution in [0.5, 0.6) is 0 Å². The maximum atomic E-state index is 12.7. The first kappa shape index (κ1) is 30.8. The van der Waals surface area contributed by atoms with E-state index in [9.17, 15) is 19.2 Å². The van der Waals surface area contributed by atoms with Crippen molar-refractivity contribution in [3.63, 3.8) is 0 Å². The molecule has 1 fully saturated rings. The third kappa shape index (κ3) is 9.42. The van der Waals surface area contributed by atoms with Gasteiger partial charge in [0.1, 0.15) is 11.9 Å². The fraction of sp³-hybridized carbons (Fsp3) is 0.522. The van der Waals surface area contributed by atoms with Crippen molar-refractivity contribution in [3.05, 3.63) is 35.9 Å². The van der Waals surface area contributed by atoms with Crippen LogP contribution >= 0.6 is 34.8 Å². The highest BCUT2D eigenvalue weighted by atomic mass is 35.6. The smallest absolute Gasteiger partial charge is 0.339 e. The predicted molar refractivity (Wildman–Crippen MR) is 130 cm³/mol. The Morgan fingerprint density at radius 1 is 0.946 bits per heavy atom. The van der Waals surface area contributed by atoms with E-state index >= 15 is 0 Å². The Hall–Kier alpha value is -2.44. The van der Waals surface area contributed by atoms with Gasteiger partial charge in [-0.25, -0.2) is 4.79 Å². The molecular formula is C23H26Cl3NO10. The summed E-state index contributed by atoms with van der Waals surface area (Å²) in [7, 11) is 1.07. The van der Waals surface area contributed by atoms with Gasteiger partial charge in [-0.15, -0.1) is 0 Å². The summed E-state index contributed by atoms with van der Waals surface area (Å²) in [6, 6.07) is 8.81. The van der Waals surface area contributed by atoms with Crippen LogP contribution in [-0.4, -0.2) is 71.2 Å². The summed E-state index contributed by atoms with van der Waals surface area (Å²) in [4.78, 5) is 48.5. The van der Waals surface area contributed by atoms with Crippen LogP contribution in [0.1, 0.15) is 32.3 Å². The molecular weight excluding hydrogens is 557 g/mol. The number of Topliss-reactive ketones (excluding diaryl/α,β-unsaturated/α-hetero) is 1. The molecule has 1 aromatic carbocycles. The van der Waals surface area contributed by atoms with E-state index in [-0.39, 0.29) is 25.2 Å². The first-order chi connectivity index (χ1) is 17.3. The summed E-state index contributed by atoms with van der Waals surface area (Å²) >= 11 is 17.1. The van der Waals surface area contributed by atoms with Crippen LogP contribution in [0, 0.1) is 5.41 Å². The van der Waals surface area contributed by atoms with Crippen LogP contribution in [-0.2, 0) is 54.2 Å². The van der Waals surface area contributed by atoms with Gasteiger partial charge in [-0.2, -0.15) is 0 Å². The number of hydrogen-bond donors (Lipinski definition) is 1. The summed E-state index contributed by atoms with van der Waals surface area (Å²) in [5.74, 6) is -3.81. The molecule has 0 aliphatic carbocycles. The quantitative estimate of drug-likeness (QED) is 0.143. The molecule has 11 nitrogen and oxygen atoms in total. The molecule has 0 aromatic heterocycles. The number of esters is 3. The number of methoxy groups -OCH3 is 1. The van der Waals surface area contributed by atoms with Crippen LogP contribution in [0.3, 0.4) is 0 Å². The van der Waals surface area contributed by atoms with Gasteiger partial charge >= 0.3 is 17.9 Å². The second kappa shape index (κ2) is 13.9. The molecule has 0 saturated carbocycles. The number of alkyl halides is 3. The second-order valence-electron chi connectivity index (χ2n) is 7.88. The van der Waals surface area contributed by atoms with Crippen LogP contribution in [0.25, 0.3) is 0 Å². The van der Waals surface area contributed by atoms with Crippen LogP contribution in [0.15, 0.2) is 30.3 Å².